The molecule has 1 heterocycles. The molecule has 102 valence electrons. The molecule has 1 aliphatic rings. The lowest BCUT2D eigenvalue weighted by molar-refractivity contribution is -0.384. The van der Waals surface area contributed by atoms with Gasteiger partial charge in [-0.1, -0.05) is 17.7 Å². The lowest BCUT2D eigenvalue weighted by Crippen LogP contribution is -2.36. The summed E-state index contributed by atoms with van der Waals surface area (Å²) in [7, 11) is 0. The largest absolute Gasteiger partial charge is 0.481 e. The molecule has 0 atom stereocenters. The van der Waals surface area contributed by atoms with Crippen LogP contribution in [0.4, 0.5) is 11.4 Å². The molecule has 0 saturated carbocycles. The van der Waals surface area contributed by atoms with Crippen molar-refractivity contribution in [2.75, 3.05) is 18.0 Å². The van der Waals surface area contributed by atoms with E-state index in [1.54, 1.807) is 11.0 Å². The second-order valence-corrected chi connectivity index (χ2v) is 4.87. The van der Waals surface area contributed by atoms with E-state index in [1.165, 1.54) is 12.1 Å². The summed E-state index contributed by atoms with van der Waals surface area (Å²) in [4.78, 5) is 23.2. The highest BCUT2D eigenvalue weighted by Crippen LogP contribution is 2.37. The molecule has 19 heavy (non-hydrogen) atoms. The summed E-state index contributed by atoms with van der Waals surface area (Å²) >= 11 is 6.04. The quantitative estimate of drug-likeness (QED) is 0.681. The summed E-state index contributed by atoms with van der Waals surface area (Å²) in [5.74, 6) is -1.19. The molecule has 0 aromatic heterocycles. The van der Waals surface area contributed by atoms with Gasteiger partial charge in [0.1, 0.15) is 5.69 Å². The Hall–Kier alpha value is -1.82. The molecule has 0 amide bonds. The predicted octanol–water partition coefficient (Wildman–Crippen LogP) is 2.55. The van der Waals surface area contributed by atoms with Gasteiger partial charge in [0.05, 0.1) is 15.9 Å². The third-order valence-corrected chi connectivity index (χ3v) is 3.63. The second-order valence-electron chi connectivity index (χ2n) is 4.46. The zero-order chi connectivity index (χ0) is 14.0. The normalized spacial score (nSPS) is 16.4. The van der Waals surface area contributed by atoms with Gasteiger partial charge in [-0.05, 0) is 18.9 Å². The van der Waals surface area contributed by atoms with Crippen LogP contribution in [0.3, 0.4) is 0 Å². The number of anilines is 1. The van der Waals surface area contributed by atoms with Crippen molar-refractivity contribution in [1.29, 1.82) is 0 Å². The first-order chi connectivity index (χ1) is 9.00. The first kappa shape index (κ1) is 13.6. The number of aliphatic carboxylic acids is 1. The van der Waals surface area contributed by atoms with Gasteiger partial charge in [-0.25, -0.2) is 0 Å². The van der Waals surface area contributed by atoms with E-state index in [4.69, 9.17) is 16.7 Å². The summed E-state index contributed by atoms with van der Waals surface area (Å²) in [6.07, 6.45) is 0.940. The Morgan fingerprint density at radius 3 is 2.58 bits per heavy atom. The number of para-hydroxylation sites is 1. The smallest absolute Gasteiger partial charge is 0.306 e. The fourth-order valence-corrected chi connectivity index (χ4v) is 2.60. The van der Waals surface area contributed by atoms with Gasteiger partial charge in [0.15, 0.2) is 0 Å². The van der Waals surface area contributed by atoms with Crippen LogP contribution in [0.1, 0.15) is 12.8 Å². The monoisotopic (exact) mass is 284 g/mol. The average molecular weight is 285 g/mol. The van der Waals surface area contributed by atoms with Crippen LogP contribution in [0.2, 0.25) is 5.02 Å². The standard InChI is InChI=1S/C12H13ClN2O4/c13-9-2-1-3-10(15(18)19)11(9)14-6-4-8(5-7-14)12(16)17/h1-3,8H,4-7H2,(H,16,17). The van der Waals surface area contributed by atoms with Crippen LogP contribution < -0.4 is 4.90 Å². The number of rotatable bonds is 3. The van der Waals surface area contributed by atoms with Crippen LogP contribution in [0, 0.1) is 16.0 Å². The minimum Gasteiger partial charge on any atom is -0.481 e. The topological polar surface area (TPSA) is 83.7 Å². The Morgan fingerprint density at radius 2 is 2.05 bits per heavy atom. The van der Waals surface area contributed by atoms with E-state index in [1.807, 2.05) is 0 Å². The number of carbonyl (C=O) groups is 1. The van der Waals surface area contributed by atoms with Crippen molar-refractivity contribution >= 4 is 28.9 Å². The van der Waals surface area contributed by atoms with Gasteiger partial charge in [-0.2, -0.15) is 0 Å². The molecule has 1 aliphatic heterocycles. The summed E-state index contributed by atoms with van der Waals surface area (Å²) in [6.45, 7) is 0.920. The predicted molar refractivity (Wildman–Crippen MR) is 70.7 cm³/mol. The van der Waals surface area contributed by atoms with Crippen LogP contribution in [0.25, 0.3) is 0 Å². The molecule has 0 unspecified atom stereocenters. The highest BCUT2D eigenvalue weighted by atomic mass is 35.5. The Kier molecular flexibility index (Phi) is 3.90. The molecule has 6 nitrogen and oxygen atoms in total. The van der Waals surface area contributed by atoms with Crippen molar-refractivity contribution < 1.29 is 14.8 Å². The van der Waals surface area contributed by atoms with Crippen molar-refractivity contribution in [1.82, 2.24) is 0 Å². The molecule has 0 radical (unpaired) electrons. The maximum absolute atomic E-state index is 11.0. The van der Waals surface area contributed by atoms with Gasteiger partial charge >= 0.3 is 5.97 Å². The number of carboxylic acid groups (broad SMARTS) is 1. The van der Waals surface area contributed by atoms with Crippen LogP contribution in [0.5, 0.6) is 0 Å². The van der Waals surface area contributed by atoms with Crippen molar-refractivity contribution in [2.45, 2.75) is 12.8 Å². The number of hydrogen-bond acceptors (Lipinski definition) is 4. The van der Waals surface area contributed by atoms with E-state index in [0.29, 0.717) is 36.6 Å². The molecule has 1 fully saturated rings. The molecule has 1 aromatic rings. The third-order valence-electron chi connectivity index (χ3n) is 3.32. The number of carboxylic acids is 1. The second kappa shape index (κ2) is 5.44. The Morgan fingerprint density at radius 1 is 1.42 bits per heavy atom. The molecule has 1 N–H and O–H groups in total. The van der Waals surface area contributed by atoms with Gasteiger partial charge in [0.2, 0.25) is 0 Å². The summed E-state index contributed by atoms with van der Waals surface area (Å²) in [5.41, 5.74) is 0.347. The number of hydrogen-bond donors (Lipinski definition) is 1. The molecule has 1 aromatic carbocycles. The Labute approximate surface area is 114 Å². The van der Waals surface area contributed by atoms with E-state index < -0.39 is 10.9 Å². The van der Waals surface area contributed by atoms with Gasteiger partial charge in [0.25, 0.3) is 5.69 Å². The van der Waals surface area contributed by atoms with Crippen LogP contribution in [-0.2, 0) is 4.79 Å². The summed E-state index contributed by atoms with van der Waals surface area (Å²) < 4.78 is 0. The maximum atomic E-state index is 11.0. The van der Waals surface area contributed by atoms with E-state index in [2.05, 4.69) is 0 Å². The number of nitro benzene ring substituents is 1. The number of benzene rings is 1. The summed E-state index contributed by atoms with van der Waals surface area (Å²) in [6, 6.07) is 4.55. The molecule has 1 saturated heterocycles. The first-order valence-electron chi connectivity index (χ1n) is 5.91. The number of nitro groups is 1. The molecule has 7 heteroatoms. The van der Waals surface area contributed by atoms with E-state index in [-0.39, 0.29) is 11.6 Å². The molecular formula is C12H13ClN2O4. The first-order valence-corrected chi connectivity index (χ1v) is 6.29. The number of halogens is 1. The minimum absolute atomic E-state index is 0.0405. The molecule has 0 aliphatic carbocycles. The van der Waals surface area contributed by atoms with Crippen molar-refractivity contribution in [3.63, 3.8) is 0 Å². The summed E-state index contributed by atoms with van der Waals surface area (Å²) in [5, 5.41) is 20.3. The minimum atomic E-state index is -0.812. The zero-order valence-electron chi connectivity index (χ0n) is 10.1. The SMILES string of the molecule is O=C(O)C1CCN(c2c(Cl)cccc2[N+](=O)[O-])CC1. The molecule has 2 rings (SSSR count). The van der Waals surface area contributed by atoms with Crippen LogP contribution in [-0.4, -0.2) is 29.1 Å². The van der Waals surface area contributed by atoms with Gasteiger partial charge in [-0.3, -0.25) is 14.9 Å². The van der Waals surface area contributed by atoms with E-state index >= 15 is 0 Å². The number of nitrogens with zero attached hydrogens (tertiary/aromatic N) is 2. The maximum Gasteiger partial charge on any atom is 0.306 e. The van der Waals surface area contributed by atoms with Gasteiger partial charge in [-0.15, -0.1) is 0 Å². The van der Waals surface area contributed by atoms with E-state index in [9.17, 15) is 14.9 Å². The zero-order valence-corrected chi connectivity index (χ0v) is 10.8. The Balaban J connectivity index is 2.24. The highest BCUT2D eigenvalue weighted by molar-refractivity contribution is 6.33. The van der Waals surface area contributed by atoms with E-state index in [0.717, 1.165) is 0 Å². The fraction of sp³-hybridized carbons (Fsp3) is 0.417. The van der Waals surface area contributed by atoms with Crippen LogP contribution in [0.15, 0.2) is 18.2 Å². The fourth-order valence-electron chi connectivity index (χ4n) is 2.31. The lowest BCUT2D eigenvalue weighted by Gasteiger charge is -2.32. The third kappa shape index (κ3) is 2.78. The molecule has 0 spiro atoms. The lowest BCUT2D eigenvalue weighted by atomic mass is 9.96. The van der Waals surface area contributed by atoms with Crippen molar-refractivity contribution in [3.05, 3.63) is 33.3 Å². The van der Waals surface area contributed by atoms with Crippen molar-refractivity contribution in [2.24, 2.45) is 5.92 Å². The van der Waals surface area contributed by atoms with Gasteiger partial charge < -0.3 is 10.0 Å². The van der Waals surface area contributed by atoms with Crippen molar-refractivity contribution in [3.8, 4) is 0 Å². The molecular weight excluding hydrogens is 272 g/mol. The van der Waals surface area contributed by atoms with Gasteiger partial charge in [0, 0.05) is 19.2 Å². The molecule has 0 bridgehead atoms. The highest BCUT2D eigenvalue weighted by Gasteiger charge is 2.29. The average Bonchev–Trinajstić information content (AvgIpc) is 2.38. The Bertz CT molecular complexity index is 512. The van der Waals surface area contributed by atoms with Crippen LogP contribution >= 0.6 is 11.6 Å². The number of piperidine rings is 1.